The van der Waals surface area contributed by atoms with Crippen LogP contribution < -0.4 is 5.32 Å². The normalized spacial score (nSPS) is 19.6. The van der Waals surface area contributed by atoms with E-state index in [0.29, 0.717) is 5.92 Å². The summed E-state index contributed by atoms with van der Waals surface area (Å²) in [5, 5.41) is 3.35. The molecule has 1 aliphatic heterocycles. The van der Waals surface area contributed by atoms with E-state index < -0.39 is 0 Å². The zero-order valence-corrected chi connectivity index (χ0v) is 9.83. The molecule has 0 spiro atoms. The molecule has 1 aliphatic rings. The van der Waals surface area contributed by atoms with Gasteiger partial charge in [0.05, 0.1) is 0 Å². The number of hydrogen-bond acceptors (Lipinski definition) is 2. The molecule has 1 atom stereocenters. The SMILES string of the molecule is Cc1cccc(C2CCNC2)n1.Cl.Cl. The maximum atomic E-state index is 4.52. The van der Waals surface area contributed by atoms with Crippen molar-refractivity contribution in [2.45, 2.75) is 19.3 Å². The van der Waals surface area contributed by atoms with Gasteiger partial charge in [-0.05, 0) is 32.0 Å². The second-order valence-corrected chi connectivity index (χ2v) is 3.39. The van der Waals surface area contributed by atoms with Crippen molar-refractivity contribution < 1.29 is 0 Å². The summed E-state index contributed by atoms with van der Waals surface area (Å²) in [4.78, 5) is 4.52. The van der Waals surface area contributed by atoms with Crippen LogP contribution in [0.3, 0.4) is 0 Å². The predicted molar refractivity (Wildman–Crippen MR) is 63.7 cm³/mol. The molecule has 2 nitrogen and oxygen atoms in total. The van der Waals surface area contributed by atoms with Gasteiger partial charge in [0.25, 0.3) is 0 Å². The van der Waals surface area contributed by atoms with E-state index in [4.69, 9.17) is 0 Å². The fraction of sp³-hybridized carbons (Fsp3) is 0.500. The zero-order chi connectivity index (χ0) is 8.39. The van der Waals surface area contributed by atoms with Crippen molar-refractivity contribution in [3.63, 3.8) is 0 Å². The minimum atomic E-state index is 0. The summed E-state index contributed by atoms with van der Waals surface area (Å²) in [5.41, 5.74) is 2.37. The molecule has 4 heteroatoms. The quantitative estimate of drug-likeness (QED) is 0.807. The molecule has 0 aliphatic carbocycles. The first kappa shape index (κ1) is 13.7. The van der Waals surface area contributed by atoms with Gasteiger partial charge in [-0.1, -0.05) is 6.07 Å². The second kappa shape index (κ2) is 6.23. The number of nitrogens with zero attached hydrogens (tertiary/aromatic N) is 1. The predicted octanol–water partition coefficient (Wildman–Crippen LogP) is 2.31. The third-order valence-electron chi connectivity index (χ3n) is 2.39. The molecular weight excluding hydrogens is 219 g/mol. The lowest BCUT2D eigenvalue weighted by Gasteiger charge is -2.07. The average molecular weight is 235 g/mol. The highest BCUT2D eigenvalue weighted by molar-refractivity contribution is 5.85. The molecule has 1 saturated heterocycles. The van der Waals surface area contributed by atoms with Gasteiger partial charge in [-0.3, -0.25) is 4.98 Å². The number of hydrogen-bond donors (Lipinski definition) is 1. The zero-order valence-electron chi connectivity index (χ0n) is 8.19. The number of aryl methyl sites for hydroxylation is 1. The smallest absolute Gasteiger partial charge is 0.0450 e. The molecule has 1 unspecified atom stereocenters. The summed E-state index contributed by atoms with van der Waals surface area (Å²) in [5.74, 6) is 0.643. The Hall–Kier alpha value is -0.310. The first-order valence-electron chi connectivity index (χ1n) is 4.50. The van der Waals surface area contributed by atoms with E-state index in [1.54, 1.807) is 0 Å². The molecule has 2 heterocycles. The Labute approximate surface area is 97.3 Å². The molecule has 1 aromatic rings. The molecule has 1 aromatic heterocycles. The average Bonchev–Trinajstić information content (AvgIpc) is 2.56. The van der Waals surface area contributed by atoms with Crippen molar-refractivity contribution in [3.05, 3.63) is 29.6 Å². The molecule has 1 N–H and O–H groups in total. The van der Waals surface area contributed by atoms with Gasteiger partial charge in [-0.2, -0.15) is 0 Å². The number of pyridine rings is 1. The van der Waals surface area contributed by atoms with Crippen LogP contribution in [0.2, 0.25) is 0 Å². The van der Waals surface area contributed by atoms with Crippen molar-refractivity contribution in [3.8, 4) is 0 Å². The van der Waals surface area contributed by atoms with E-state index in [1.807, 2.05) is 13.0 Å². The Morgan fingerprint density at radius 3 is 2.71 bits per heavy atom. The van der Waals surface area contributed by atoms with Crippen molar-refractivity contribution in [2.75, 3.05) is 13.1 Å². The minimum Gasteiger partial charge on any atom is -0.316 e. The van der Waals surface area contributed by atoms with Crippen molar-refractivity contribution in [1.29, 1.82) is 0 Å². The van der Waals surface area contributed by atoms with E-state index in [1.165, 1.54) is 12.1 Å². The van der Waals surface area contributed by atoms with Crippen LogP contribution in [0.25, 0.3) is 0 Å². The van der Waals surface area contributed by atoms with Gasteiger partial charge < -0.3 is 5.32 Å². The van der Waals surface area contributed by atoms with Gasteiger partial charge in [0.1, 0.15) is 0 Å². The maximum absolute atomic E-state index is 4.52. The van der Waals surface area contributed by atoms with Crippen LogP contribution in [0, 0.1) is 6.92 Å². The van der Waals surface area contributed by atoms with Gasteiger partial charge in [0, 0.05) is 23.9 Å². The molecular formula is C10H16Cl2N2. The lowest BCUT2D eigenvalue weighted by molar-refractivity contribution is 0.731. The molecule has 1 fully saturated rings. The highest BCUT2D eigenvalue weighted by Gasteiger charge is 2.17. The summed E-state index contributed by atoms with van der Waals surface area (Å²) in [6.45, 7) is 4.28. The van der Waals surface area contributed by atoms with Crippen molar-refractivity contribution >= 4 is 24.8 Å². The van der Waals surface area contributed by atoms with E-state index in [9.17, 15) is 0 Å². The molecule has 14 heavy (non-hydrogen) atoms. The highest BCUT2D eigenvalue weighted by Crippen LogP contribution is 2.19. The highest BCUT2D eigenvalue weighted by atomic mass is 35.5. The monoisotopic (exact) mass is 234 g/mol. The largest absolute Gasteiger partial charge is 0.316 e. The number of halogens is 2. The van der Waals surface area contributed by atoms with Crippen molar-refractivity contribution in [1.82, 2.24) is 10.3 Å². The van der Waals surface area contributed by atoms with Crippen LogP contribution >= 0.6 is 24.8 Å². The first-order chi connectivity index (χ1) is 5.86. The fourth-order valence-corrected chi connectivity index (χ4v) is 1.70. The van der Waals surface area contributed by atoms with E-state index in [-0.39, 0.29) is 24.8 Å². The Kier molecular flexibility index (Phi) is 6.09. The van der Waals surface area contributed by atoms with Crippen LogP contribution in [-0.2, 0) is 0 Å². The molecule has 0 saturated carbocycles. The van der Waals surface area contributed by atoms with Crippen LogP contribution in [0.15, 0.2) is 18.2 Å². The van der Waals surface area contributed by atoms with Crippen molar-refractivity contribution in [2.24, 2.45) is 0 Å². The molecule has 0 bridgehead atoms. The van der Waals surface area contributed by atoms with Gasteiger partial charge in [-0.15, -0.1) is 24.8 Å². The number of aromatic nitrogens is 1. The van der Waals surface area contributed by atoms with Crippen LogP contribution in [0.1, 0.15) is 23.7 Å². The third kappa shape index (κ3) is 3.12. The Bertz CT molecular complexity index is 273. The number of nitrogens with one attached hydrogen (secondary N) is 1. The Morgan fingerprint density at radius 1 is 1.36 bits per heavy atom. The lowest BCUT2D eigenvalue weighted by Crippen LogP contribution is -2.09. The van der Waals surface area contributed by atoms with Gasteiger partial charge in [0.15, 0.2) is 0 Å². The minimum absolute atomic E-state index is 0. The van der Waals surface area contributed by atoms with Gasteiger partial charge >= 0.3 is 0 Å². The van der Waals surface area contributed by atoms with E-state index in [2.05, 4.69) is 22.4 Å². The Morgan fingerprint density at radius 2 is 2.14 bits per heavy atom. The van der Waals surface area contributed by atoms with Crippen LogP contribution in [0.5, 0.6) is 0 Å². The molecule has 0 aromatic carbocycles. The summed E-state index contributed by atoms with van der Waals surface area (Å²) >= 11 is 0. The topological polar surface area (TPSA) is 24.9 Å². The molecule has 80 valence electrons. The van der Waals surface area contributed by atoms with E-state index >= 15 is 0 Å². The third-order valence-corrected chi connectivity index (χ3v) is 2.39. The fourth-order valence-electron chi connectivity index (χ4n) is 1.70. The first-order valence-corrected chi connectivity index (χ1v) is 4.50. The van der Waals surface area contributed by atoms with Crippen LogP contribution in [-0.4, -0.2) is 18.1 Å². The summed E-state index contributed by atoms with van der Waals surface area (Å²) in [7, 11) is 0. The number of rotatable bonds is 1. The summed E-state index contributed by atoms with van der Waals surface area (Å²) in [6, 6.07) is 6.27. The molecule has 2 rings (SSSR count). The van der Waals surface area contributed by atoms with Gasteiger partial charge in [-0.25, -0.2) is 0 Å². The summed E-state index contributed by atoms with van der Waals surface area (Å²) < 4.78 is 0. The summed E-state index contributed by atoms with van der Waals surface area (Å²) in [6.07, 6.45) is 1.23. The van der Waals surface area contributed by atoms with Gasteiger partial charge in [0.2, 0.25) is 0 Å². The Balaban J connectivity index is 0.000000845. The molecule has 0 radical (unpaired) electrons. The lowest BCUT2D eigenvalue weighted by atomic mass is 10.0. The standard InChI is InChI=1S/C10H14N2.2ClH/c1-8-3-2-4-10(12-8)9-5-6-11-7-9;;/h2-4,9,11H,5-7H2,1H3;2*1H. The van der Waals surface area contributed by atoms with E-state index in [0.717, 1.165) is 18.8 Å². The maximum Gasteiger partial charge on any atom is 0.0450 e. The second-order valence-electron chi connectivity index (χ2n) is 3.39. The van der Waals surface area contributed by atoms with Crippen LogP contribution in [0.4, 0.5) is 0 Å². The molecule has 0 amide bonds.